The van der Waals surface area contributed by atoms with Gasteiger partial charge in [0, 0.05) is 6.61 Å². The van der Waals surface area contributed by atoms with E-state index in [2.05, 4.69) is 33.9 Å². The van der Waals surface area contributed by atoms with Crippen LogP contribution in [0.3, 0.4) is 0 Å². The number of carbonyl (C=O) groups excluding carboxylic acids is 3. The summed E-state index contributed by atoms with van der Waals surface area (Å²) in [6.45, 7) is 21.4. The minimum atomic E-state index is -1.98. The van der Waals surface area contributed by atoms with Crippen molar-refractivity contribution in [1.82, 2.24) is 4.90 Å². The number of ether oxygens (including phenoxy) is 3. The van der Waals surface area contributed by atoms with E-state index in [0.29, 0.717) is 13.0 Å². The molecule has 0 radical (unpaired) electrons. The number of carbonyl (C=O) groups is 3. The molecule has 35 heavy (non-hydrogen) atoms. The van der Waals surface area contributed by atoms with E-state index in [1.54, 1.807) is 41.5 Å². The maximum atomic E-state index is 13.3. The van der Waals surface area contributed by atoms with Crippen LogP contribution >= 0.6 is 0 Å². The van der Waals surface area contributed by atoms with Gasteiger partial charge in [0.15, 0.2) is 8.32 Å². The van der Waals surface area contributed by atoms with Crippen LogP contribution in [0.15, 0.2) is 0 Å². The minimum Gasteiger partial charge on any atom is -0.461 e. The number of amides is 2. The van der Waals surface area contributed by atoms with Crippen LogP contribution in [-0.4, -0.2) is 61.3 Å². The van der Waals surface area contributed by atoms with Crippen molar-refractivity contribution in [3.63, 3.8) is 0 Å². The highest BCUT2D eigenvalue weighted by Gasteiger charge is 2.42. The molecule has 1 rings (SSSR count). The van der Waals surface area contributed by atoms with Gasteiger partial charge in [-0.1, -0.05) is 20.8 Å². The van der Waals surface area contributed by atoms with E-state index in [0.717, 1.165) is 30.6 Å². The standard InChI is InChI=1S/C26H49NO7Si/c1-24(2,3)33-22(29)27(23(30)34-25(4,5)6)20(21(28)32-19-15-12-13-16-19)17-14-18-31-35(10,11)26(7,8)9/h19-20H,12-18H2,1-11H3/t20-/m0/s1. The molecule has 1 aliphatic carbocycles. The summed E-state index contributed by atoms with van der Waals surface area (Å²) in [5.74, 6) is -0.610. The van der Waals surface area contributed by atoms with Crippen LogP contribution in [0.25, 0.3) is 0 Å². The number of esters is 1. The first-order valence-electron chi connectivity index (χ1n) is 12.8. The molecule has 1 saturated carbocycles. The molecule has 0 unspecified atom stereocenters. The van der Waals surface area contributed by atoms with Crippen molar-refractivity contribution >= 4 is 26.5 Å². The minimum absolute atomic E-state index is 0.0485. The summed E-state index contributed by atoms with van der Waals surface area (Å²) in [6.07, 6.45) is 2.16. The first-order chi connectivity index (χ1) is 15.7. The van der Waals surface area contributed by atoms with Gasteiger partial charge in [0.05, 0.1) is 0 Å². The Balaban J connectivity index is 3.17. The van der Waals surface area contributed by atoms with Crippen molar-refractivity contribution in [3.8, 4) is 0 Å². The van der Waals surface area contributed by atoms with E-state index < -0.39 is 43.7 Å². The lowest BCUT2D eigenvalue weighted by molar-refractivity contribution is -0.155. The third-order valence-corrected chi connectivity index (χ3v) is 10.8. The molecule has 1 aliphatic rings. The van der Waals surface area contributed by atoms with E-state index in [4.69, 9.17) is 18.6 Å². The van der Waals surface area contributed by atoms with Gasteiger partial charge in [-0.3, -0.25) is 0 Å². The normalized spacial score (nSPS) is 16.5. The van der Waals surface area contributed by atoms with Crippen LogP contribution in [0.5, 0.6) is 0 Å². The van der Waals surface area contributed by atoms with E-state index in [9.17, 15) is 14.4 Å². The van der Waals surface area contributed by atoms with Crippen molar-refractivity contribution < 1.29 is 33.0 Å². The van der Waals surface area contributed by atoms with Crippen LogP contribution in [0, 0.1) is 0 Å². The van der Waals surface area contributed by atoms with Crippen LogP contribution < -0.4 is 0 Å². The summed E-state index contributed by atoms with van der Waals surface area (Å²) in [4.78, 5) is 40.4. The predicted molar refractivity (Wildman–Crippen MR) is 139 cm³/mol. The third-order valence-electron chi connectivity index (χ3n) is 6.24. The number of nitrogens with zero attached hydrogens (tertiary/aromatic N) is 1. The second-order valence-electron chi connectivity index (χ2n) is 12.9. The quantitative estimate of drug-likeness (QED) is 0.152. The number of hydrogen-bond acceptors (Lipinski definition) is 7. The SMILES string of the molecule is CC(C)(C)OC(=O)N(C(=O)OC(C)(C)C)[C@@H](CCCO[Si](C)(C)C(C)(C)C)C(=O)OC1CCCC1. The highest BCUT2D eigenvalue weighted by Crippen LogP contribution is 2.36. The van der Waals surface area contributed by atoms with E-state index in [1.165, 1.54) is 0 Å². The molecule has 2 amide bonds. The summed E-state index contributed by atoms with van der Waals surface area (Å²) in [7, 11) is -1.98. The van der Waals surface area contributed by atoms with Crippen molar-refractivity contribution in [2.75, 3.05) is 6.61 Å². The highest BCUT2D eigenvalue weighted by molar-refractivity contribution is 6.74. The molecule has 0 spiro atoms. The molecule has 1 fully saturated rings. The Morgan fingerprint density at radius 1 is 0.857 bits per heavy atom. The highest BCUT2D eigenvalue weighted by atomic mass is 28.4. The number of hydrogen-bond donors (Lipinski definition) is 0. The molecule has 8 nitrogen and oxygen atoms in total. The Morgan fingerprint density at radius 3 is 1.71 bits per heavy atom. The molecule has 0 aromatic heterocycles. The Morgan fingerprint density at radius 2 is 1.31 bits per heavy atom. The molecule has 204 valence electrons. The van der Waals surface area contributed by atoms with E-state index in [1.807, 2.05) is 0 Å². The largest absolute Gasteiger partial charge is 0.461 e. The molecular formula is C26H49NO7Si. The van der Waals surface area contributed by atoms with Gasteiger partial charge < -0.3 is 18.6 Å². The molecule has 0 heterocycles. The maximum Gasteiger partial charge on any atom is 0.420 e. The molecule has 9 heteroatoms. The molecule has 1 atom stereocenters. The van der Waals surface area contributed by atoms with E-state index in [-0.39, 0.29) is 17.6 Å². The fraction of sp³-hybridized carbons (Fsp3) is 0.885. The zero-order chi connectivity index (χ0) is 27.2. The lowest BCUT2D eigenvalue weighted by atomic mass is 10.1. The zero-order valence-electron chi connectivity index (χ0n) is 23.9. The lowest BCUT2D eigenvalue weighted by Gasteiger charge is -2.36. The molecule has 0 aromatic carbocycles. The summed E-state index contributed by atoms with van der Waals surface area (Å²) < 4.78 is 23.0. The monoisotopic (exact) mass is 515 g/mol. The Kier molecular flexibility index (Phi) is 10.8. The van der Waals surface area contributed by atoms with Crippen LogP contribution in [0.1, 0.15) is 101 Å². The first-order valence-corrected chi connectivity index (χ1v) is 15.7. The Hall–Kier alpha value is -1.61. The molecular weight excluding hydrogens is 466 g/mol. The smallest absolute Gasteiger partial charge is 0.420 e. The fourth-order valence-corrected chi connectivity index (χ4v) is 4.46. The van der Waals surface area contributed by atoms with Crippen LogP contribution in [-0.2, 0) is 23.4 Å². The molecule has 0 aromatic rings. The van der Waals surface area contributed by atoms with Crippen molar-refractivity contribution in [2.45, 2.75) is 142 Å². The second kappa shape index (κ2) is 12.1. The molecule has 0 aliphatic heterocycles. The third kappa shape index (κ3) is 10.9. The summed E-state index contributed by atoms with van der Waals surface area (Å²) in [5.41, 5.74) is -1.72. The summed E-state index contributed by atoms with van der Waals surface area (Å²) in [6, 6.07) is -1.16. The predicted octanol–water partition coefficient (Wildman–Crippen LogP) is 6.82. The van der Waals surface area contributed by atoms with Gasteiger partial charge in [0.1, 0.15) is 23.3 Å². The fourth-order valence-electron chi connectivity index (χ4n) is 3.37. The molecule has 0 N–H and O–H groups in total. The zero-order valence-corrected chi connectivity index (χ0v) is 24.9. The van der Waals surface area contributed by atoms with Crippen LogP contribution in [0.2, 0.25) is 18.1 Å². The van der Waals surface area contributed by atoms with Gasteiger partial charge in [0.2, 0.25) is 0 Å². The topological polar surface area (TPSA) is 91.4 Å². The van der Waals surface area contributed by atoms with E-state index >= 15 is 0 Å². The second-order valence-corrected chi connectivity index (χ2v) is 17.8. The average Bonchev–Trinajstić information content (AvgIpc) is 3.12. The number of rotatable bonds is 8. The van der Waals surface area contributed by atoms with Gasteiger partial charge in [-0.15, -0.1) is 0 Å². The van der Waals surface area contributed by atoms with Crippen LogP contribution in [0.4, 0.5) is 9.59 Å². The number of imide groups is 1. The average molecular weight is 516 g/mol. The molecule has 0 bridgehead atoms. The Bertz CT molecular complexity index is 697. The Labute approximate surface area is 213 Å². The lowest BCUT2D eigenvalue weighted by Crippen LogP contribution is -2.53. The van der Waals surface area contributed by atoms with Crippen molar-refractivity contribution in [3.05, 3.63) is 0 Å². The van der Waals surface area contributed by atoms with Crippen molar-refractivity contribution in [2.24, 2.45) is 0 Å². The molecule has 0 saturated heterocycles. The summed E-state index contributed by atoms with van der Waals surface area (Å²) in [5, 5.41) is 0.0485. The maximum absolute atomic E-state index is 13.3. The van der Waals surface area contributed by atoms with Gasteiger partial charge >= 0.3 is 18.2 Å². The first kappa shape index (κ1) is 31.4. The summed E-state index contributed by atoms with van der Waals surface area (Å²) >= 11 is 0. The van der Waals surface area contributed by atoms with Gasteiger partial charge in [0.25, 0.3) is 0 Å². The van der Waals surface area contributed by atoms with Crippen molar-refractivity contribution in [1.29, 1.82) is 0 Å². The van der Waals surface area contributed by atoms with Gasteiger partial charge in [-0.2, -0.15) is 4.90 Å². The van der Waals surface area contributed by atoms with Gasteiger partial charge in [-0.05, 0) is 98.2 Å². The van der Waals surface area contributed by atoms with Gasteiger partial charge in [-0.25, -0.2) is 14.4 Å².